The van der Waals surface area contributed by atoms with Crippen LogP contribution in [0.1, 0.15) is 19.4 Å². The van der Waals surface area contributed by atoms with Gasteiger partial charge in [-0.15, -0.1) is 0 Å². The third-order valence-corrected chi connectivity index (χ3v) is 3.73. The fourth-order valence-corrected chi connectivity index (χ4v) is 2.55. The maximum Gasteiger partial charge on any atom is 0.196 e. The van der Waals surface area contributed by atoms with E-state index in [4.69, 9.17) is 10.5 Å². The molecule has 2 rings (SSSR count). The van der Waals surface area contributed by atoms with Gasteiger partial charge in [-0.05, 0) is 30.0 Å². The molecule has 1 aliphatic rings. The zero-order valence-electron chi connectivity index (χ0n) is 14.2. The zero-order valence-corrected chi connectivity index (χ0v) is 14.2. The summed E-state index contributed by atoms with van der Waals surface area (Å²) in [6.45, 7) is 7.78. The van der Waals surface area contributed by atoms with E-state index in [1.807, 2.05) is 19.0 Å². The van der Waals surface area contributed by atoms with Gasteiger partial charge >= 0.3 is 0 Å². The molecule has 1 saturated heterocycles. The summed E-state index contributed by atoms with van der Waals surface area (Å²) in [5.41, 5.74) is 9.42. The number of rotatable bonds is 4. The molecule has 0 bridgehead atoms. The third-order valence-electron chi connectivity index (χ3n) is 3.73. The summed E-state index contributed by atoms with van der Waals surface area (Å²) >= 11 is 0. The van der Waals surface area contributed by atoms with Crippen molar-refractivity contribution in [3.63, 3.8) is 0 Å². The van der Waals surface area contributed by atoms with Crippen LogP contribution < -0.4 is 10.6 Å². The van der Waals surface area contributed by atoms with Crippen molar-refractivity contribution in [1.82, 2.24) is 4.90 Å². The van der Waals surface area contributed by atoms with Crippen LogP contribution in [0, 0.1) is 5.92 Å². The maximum absolute atomic E-state index is 6.03. The first kappa shape index (κ1) is 16.6. The molecular weight excluding hydrogens is 276 g/mol. The van der Waals surface area contributed by atoms with Gasteiger partial charge in [-0.3, -0.25) is 0 Å². The highest BCUT2D eigenvalue weighted by Crippen LogP contribution is 2.31. The first-order valence-corrected chi connectivity index (χ1v) is 7.94. The standard InChI is InChI=1S/C17H28N4O/c1-13(2)11-14-5-6-16(21-7-9-22-10-8-21)15(12-14)19-17(18)20(3)4/h5-6,12-13H,7-11H2,1-4H3,(H2,18,19). The highest BCUT2D eigenvalue weighted by molar-refractivity contribution is 5.83. The number of hydrogen-bond donors (Lipinski definition) is 1. The van der Waals surface area contributed by atoms with E-state index < -0.39 is 0 Å². The third kappa shape index (κ3) is 4.37. The van der Waals surface area contributed by atoms with E-state index >= 15 is 0 Å². The maximum atomic E-state index is 6.03. The molecule has 1 fully saturated rings. The van der Waals surface area contributed by atoms with Crippen LogP contribution in [0.3, 0.4) is 0 Å². The number of aliphatic imine (C=N–C) groups is 1. The molecule has 0 amide bonds. The second kappa shape index (κ2) is 7.49. The first-order valence-electron chi connectivity index (χ1n) is 7.94. The van der Waals surface area contributed by atoms with Crippen LogP contribution in [0.25, 0.3) is 0 Å². The van der Waals surface area contributed by atoms with Crippen molar-refractivity contribution in [1.29, 1.82) is 0 Å². The summed E-state index contributed by atoms with van der Waals surface area (Å²) in [7, 11) is 3.82. The quantitative estimate of drug-likeness (QED) is 0.684. The number of nitrogens with two attached hydrogens (primary N) is 1. The molecular formula is C17H28N4O. The molecule has 0 radical (unpaired) electrons. The Balaban J connectivity index is 2.36. The van der Waals surface area contributed by atoms with Crippen LogP contribution in [0.4, 0.5) is 11.4 Å². The highest BCUT2D eigenvalue weighted by Gasteiger charge is 2.16. The lowest BCUT2D eigenvalue weighted by molar-refractivity contribution is 0.123. The van der Waals surface area contributed by atoms with Gasteiger partial charge in [-0.25, -0.2) is 4.99 Å². The molecule has 2 N–H and O–H groups in total. The zero-order chi connectivity index (χ0) is 16.1. The van der Waals surface area contributed by atoms with Crippen molar-refractivity contribution in [2.75, 3.05) is 45.3 Å². The van der Waals surface area contributed by atoms with Crippen LogP contribution in [0.5, 0.6) is 0 Å². The lowest BCUT2D eigenvalue weighted by atomic mass is 10.0. The predicted octanol–water partition coefficient (Wildman–Crippen LogP) is 2.23. The summed E-state index contributed by atoms with van der Waals surface area (Å²) in [6, 6.07) is 6.54. The molecule has 122 valence electrons. The normalized spacial score (nSPS) is 16.2. The minimum Gasteiger partial charge on any atom is -0.378 e. The fraction of sp³-hybridized carbons (Fsp3) is 0.588. The topological polar surface area (TPSA) is 54.1 Å². The van der Waals surface area contributed by atoms with Gasteiger partial charge in [0.15, 0.2) is 5.96 Å². The average Bonchev–Trinajstić information content (AvgIpc) is 2.47. The Kier molecular flexibility index (Phi) is 5.66. The largest absolute Gasteiger partial charge is 0.378 e. The van der Waals surface area contributed by atoms with Gasteiger partial charge < -0.3 is 20.3 Å². The molecule has 1 aromatic rings. The van der Waals surface area contributed by atoms with Crippen molar-refractivity contribution in [3.05, 3.63) is 23.8 Å². The molecule has 1 heterocycles. The second-order valence-corrected chi connectivity index (χ2v) is 6.38. The SMILES string of the molecule is CC(C)Cc1ccc(N2CCOCC2)c(N=C(N)N(C)C)c1. The Morgan fingerprint density at radius 2 is 2.00 bits per heavy atom. The highest BCUT2D eigenvalue weighted by atomic mass is 16.5. The van der Waals surface area contributed by atoms with E-state index in [1.54, 1.807) is 0 Å². The number of benzene rings is 1. The van der Waals surface area contributed by atoms with Gasteiger partial charge in [0.2, 0.25) is 0 Å². The average molecular weight is 304 g/mol. The van der Waals surface area contributed by atoms with Gasteiger partial charge in [0.05, 0.1) is 24.6 Å². The molecule has 0 atom stereocenters. The Bertz CT molecular complexity index is 519. The van der Waals surface area contributed by atoms with Crippen molar-refractivity contribution < 1.29 is 4.74 Å². The fourth-order valence-electron chi connectivity index (χ4n) is 2.55. The molecule has 22 heavy (non-hydrogen) atoms. The summed E-state index contributed by atoms with van der Waals surface area (Å²) in [6.07, 6.45) is 1.05. The molecule has 1 aromatic carbocycles. The van der Waals surface area contributed by atoms with Gasteiger partial charge in [0, 0.05) is 27.2 Å². The molecule has 0 aliphatic carbocycles. The molecule has 5 nitrogen and oxygen atoms in total. The summed E-state index contributed by atoms with van der Waals surface area (Å²) in [5, 5.41) is 0. The molecule has 0 spiro atoms. The van der Waals surface area contributed by atoms with E-state index in [2.05, 4.69) is 41.9 Å². The molecule has 0 aromatic heterocycles. The van der Waals surface area contributed by atoms with Gasteiger partial charge in [0.25, 0.3) is 0 Å². The Hall–Kier alpha value is -1.75. The van der Waals surface area contributed by atoms with Gasteiger partial charge in [-0.1, -0.05) is 19.9 Å². The lowest BCUT2D eigenvalue weighted by Crippen LogP contribution is -2.36. The first-order chi connectivity index (χ1) is 10.5. The van der Waals surface area contributed by atoms with E-state index in [0.29, 0.717) is 11.9 Å². The molecule has 1 aliphatic heterocycles. The number of nitrogens with zero attached hydrogens (tertiary/aromatic N) is 3. The van der Waals surface area contributed by atoms with Crippen molar-refractivity contribution in [3.8, 4) is 0 Å². The number of ether oxygens (including phenoxy) is 1. The Labute approximate surface area is 133 Å². The Morgan fingerprint density at radius 3 is 2.59 bits per heavy atom. The smallest absolute Gasteiger partial charge is 0.196 e. The number of anilines is 1. The van der Waals surface area contributed by atoms with Crippen LogP contribution in [-0.2, 0) is 11.2 Å². The lowest BCUT2D eigenvalue weighted by Gasteiger charge is -2.30. The van der Waals surface area contributed by atoms with Gasteiger partial charge in [-0.2, -0.15) is 0 Å². The van der Waals surface area contributed by atoms with Crippen LogP contribution in [-0.4, -0.2) is 51.3 Å². The Morgan fingerprint density at radius 1 is 1.32 bits per heavy atom. The molecule has 0 unspecified atom stereocenters. The summed E-state index contributed by atoms with van der Waals surface area (Å²) in [5.74, 6) is 1.15. The number of hydrogen-bond acceptors (Lipinski definition) is 3. The predicted molar refractivity (Wildman–Crippen MR) is 93.0 cm³/mol. The van der Waals surface area contributed by atoms with E-state index in [9.17, 15) is 0 Å². The van der Waals surface area contributed by atoms with Crippen LogP contribution in [0.2, 0.25) is 0 Å². The van der Waals surface area contributed by atoms with E-state index in [-0.39, 0.29) is 0 Å². The van der Waals surface area contributed by atoms with Crippen LogP contribution >= 0.6 is 0 Å². The van der Waals surface area contributed by atoms with Crippen molar-refractivity contribution in [2.45, 2.75) is 20.3 Å². The van der Waals surface area contributed by atoms with Crippen molar-refractivity contribution >= 4 is 17.3 Å². The number of morpholine rings is 1. The minimum absolute atomic E-state index is 0.524. The number of guanidine groups is 1. The molecule has 0 saturated carbocycles. The monoisotopic (exact) mass is 304 g/mol. The molecule has 5 heteroatoms. The van der Waals surface area contributed by atoms with Crippen LogP contribution in [0.15, 0.2) is 23.2 Å². The minimum atomic E-state index is 0.524. The second-order valence-electron chi connectivity index (χ2n) is 6.38. The van der Waals surface area contributed by atoms with Gasteiger partial charge in [0.1, 0.15) is 0 Å². The summed E-state index contributed by atoms with van der Waals surface area (Å²) < 4.78 is 5.45. The van der Waals surface area contributed by atoms with E-state index in [1.165, 1.54) is 5.56 Å². The van der Waals surface area contributed by atoms with Crippen molar-refractivity contribution in [2.24, 2.45) is 16.6 Å². The summed E-state index contributed by atoms with van der Waals surface area (Å²) in [4.78, 5) is 8.79. The van der Waals surface area contributed by atoms with E-state index in [0.717, 1.165) is 44.1 Å².